The Kier molecular flexibility index (Phi) is 8.03. The van der Waals surface area contributed by atoms with E-state index in [2.05, 4.69) is 41.4 Å². The Morgan fingerprint density at radius 1 is 0.933 bits per heavy atom. The van der Waals surface area contributed by atoms with Crippen LogP contribution in [0.3, 0.4) is 0 Å². The van der Waals surface area contributed by atoms with E-state index >= 15 is 0 Å². The maximum atomic E-state index is 13.4. The summed E-state index contributed by atoms with van der Waals surface area (Å²) in [4.78, 5) is 30.4. The minimum absolute atomic E-state index is 0.0372. The van der Waals surface area contributed by atoms with Crippen molar-refractivity contribution in [2.75, 3.05) is 26.2 Å². The highest BCUT2D eigenvalue weighted by atomic mass is 16.2. The van der Waals surface area contributed by atoms with Crippen LogP contribution in [0, 0.1) is 5.92 Å². The van der Waals surface area contributed by atoms with Gasteiger partial charge in [-0.15, -0.1) is 0 Å². The van der Waals surface area contributed by atoms with E-state index < -0.39 is 6.04 Å². The van der Waals surface area contributed by atoms with Gasteiger partial charge < -0.3 is 10.2 Å². The number of nitrogens with zero attached hydrogens (tertiary/aromatic N) is 2. The molecule has 0 aliphatic carbocycles. The smallest absolute Gasteiger partial charge is 0.251 e. The molecular weight excluding hydrogens is 374 g/mol. The van der Waals surface area contributed by atoms with E-state index in [1.165, 1.54) is 5.56 Å². The van der Waals surface area contributed by atoms with Gasteiger partial charge in [0.2, 0.25) is 5.91 Å². The largest absolute Gasteiger partial charge is 0.340 e. The summed E-state index contributed by atoms with van der Waals surface area (Å²) in [5.74, 6) is -0.0706. The molecule has 0 radical (unpaired) electrons. The maximum absolute atomic E-state index is 13.4. The number of hydrogen-bond donors (Lipinski definition) is 1. The first-order chi connectivity index (χ1) is 14.6. The summed E-state index contributed by atoms with van der Waals surface area (Å²) in [6.07, 6.45) is 1.78. The topological polar surface area (TPSA) is 52.7 Å². The van der Waals surface area contributed by atoms with Gasteiger partial charge in [0.15, 0.2) is 0 Å². The number of carbonyl (C=O) groups excluding carboxylic acids is 2. The van der Waals surface area contributed by atoms with Gasteiger partial charge in [-0.05, 0) is 30.0 Å². The zero-order valence-corrected chi connectivity index (χ0v) is 18.1. The lowest BCUT2D eigenvalue weighted by molar-refractivity contribution is -0.134. The van der Waals surface area contributed by atoms with Crippen molar-refractivity contribution in [2.24, 2.45) is 5.92 Å². The van der Waals surface area contributed by atoms with E-state index in [0.29, 0.717) is 12.1 Å². The van der Waals surface area contributed by atoms with Crippen LogP contribution in [0.2, 0.25) is 0 Å². The molecule has 2 aromatic carbocycles. The van der Waals surface area contributed by atoms with E-state index in [9.17, 15) is 9.59 Å². The standard InChI is InChI=1S/C25H33N3O2/c1-3-20(2)23(26-24(29)22-13-8-5-9-14-22)25(30)28-16-10-15-27(17-18-28)19-21-11-6-4-7-12-21/h4-9,11-14,20,23H,3,10,15-19H2,1-2H3,(H,26,29). The summed E-state index contributed by atoms with van der Waals surface area (Å²) in [7, 11) is 0. The van der Waals surface area contributed by atoms with E-state index in [0.717, 1.165) is 39.0 Å². The Morgan fingerprint density at radius 2 is 1.60 bits per heavy atom. The quantitative estimate of drug-likeness (QED) is 0.763. The maximum Gasteiger partial charge on any atom is 0.251 e. The van der Waals surface area contributed by atoms with Crippen LogP contribution in [0.5, 0.6) is 0 Å². The molecule has 0 spiro atoms. The molecule has 0 bridgehead atoms. The highest BCUT2D eigenvalue weighted by Crippen LogP contribution is 2.15. The number of hydrogen-bond acceptors (Lipinski definition) is 3. The Morgan fingerprint density at radius 3 is 2.27 bits per heavy atom. The third kappa shape index (κ3) is 5.92. The minimum atomic E-state index is -0.497. The van der Waals surface area contributed by atoms with Gasteiger partial charge in [0.1, 0.15) is 6.04 Å². The predicted octanol–water partition coefficient (Wildman–Crippen LogP) is 3.57. The Labute approximate surface area is 180 Å². The molecule has 0 saturated carbocycles. The Hall–Kier alpha value is -2.66. The molecule has 3 rings (SSSR count). The molecule has 2 atom stereocenters. The van der Waals surface area contributed by atoms with Gasteiger partial charge in [0.05, 0.1) is 0 Å². The molecular formula is C25H33N3O2. The lowest BCUT2D eigenvalue weighted by Gasteiger charge is -2.30. The molecule has 1 heterocycles. The molecule has 2 unspecified atom stereocenters. The first kappa shape index (κ1) is 22.0. The lowest BCUT2D eigenvalue weighted by atomic mass is 9.97. The fraction of sp³-hybridized carbons (Fsp3) is 0.440. The summed E-state index contributed by atoms with van der Waals surface area (Å²) in [5.41, 5.74) is 1.88. The van der Waals surface area contributed by atoms with Gasteiger partial charge in [-0.3, -0.25) is 14.5 Å². The van der Waals surface area contributed by atoms with Crippen molar-refractivity contribution in [2.45, 2.75) is 39.3 Å². The molecule has 1 fully saturated rings. The van der Waals surface area contributed by atoms with Gasteiger partial charge in [0, 0.05) is 38.3 Å². The predicted molar refractivity (Wildman–Crippen MR) is 120 cm³/mol. The van der Waals surface area contributed by atoms with Crippen LogP contribution >= 0.6 is 0 Å². The number of amides is 2. The number of benzene rings is 2. The second-order valence-corrected chi connectivity index (χ2v) is 8.14. The van der Waals surface area contributed by atoms with Gasteiger partial charge in [-0.25, -0.2) is 0 Å². The summed E-state index contributed by atoms with van der Waals surface area (Å²) < 4.78 is 0. The normalized spacial score (nSPS) is 17.1. The molecule has 30 heavy (non-hydrogen) atoms. The fourth-order valence-electron chi connectivity index (χ4n) is 3.88. The molecule has 160 valence electrons. The second-order valence-electron chi connectivity index (χ2n) is 8.14. The van der Waals surface area contributed by atoms with Gasteiger partial charge >= 0.3 is 0 Å². The molecule has 1 aliphatic heterocycles. The average Bonchev–Trinajstić information content (AvgIpc) is 3.03. The van der Waals surface area contributed by atoms with Crippen LogP contribution in [0.1, 0.15) is 42.6 Å². The number of carbonyl (C=O) groups is 2. The molecule has 2 amide bonds. The SMILES string of the molecule is CCC(C)C(NC(=O)c1ccccc1)C(=O)N1CCCN(Cc2ccccc2)CC1. The third-order valence-corrected chi connectivity index (χ3v) is 5.95. The van der Waals surface area contributed by atoms with Crippen molar-refractivity contribution in [1.29, 1.82) is 0 Å². The lowest BCUT2D eigenvalue weighted by Crippen LogP contribution is -2.52. The Balaban J connectivity index is 1.63. The summed E-state index contributed by atoms with van der Waals surface area (Å²) >= 11 is 0. The van der Waals surface area contributed by atoms with E-state index in [-0.39, 0.29) is 17.7 Å². The van der Waals surface area contributed by atoms with Crippen LogP contribution in [-0.4, -0.2) is 53.8 Å². The highest BCUT2D eigenvalue weighted by Gasteiger charge is 2.31. The van der Waals surface area contributed by atoms with Gasteiger partial charge in [-0.1, -0.05) is 68.8 Å². The molecule has 2 aromatic rings. The van der Waals surface area contributed by atoms with E-state index in [1.54, 1.807) is 12.1 Å². The zero-order chi connectivity index (χ0) is 21.3. The molecule has 1 saturated heterocycles. The molecule has 5 heteroatoms. The summed E-state index contributed by atoms with van der Waals surface area (Å²) in [5, 5.41) is 3.01. The zero-order valence-electron chi connectivity index (χ0n) is 18.1. The first-order valence-electron chi connectivity index (χ1n) is 11.0. The van der Waals surface area contributed by atoms with E-state index in [1.807, 2.05) is 36.1 Å². The molecule has 0 aromatic heterocycles. The van der Waals surface area contributed by atoms with Gasteiger partial charge in [0.25, 0.3) is 5.91 Å². The van der Waals surface area contributed by atoms with Crippen molar-refractivity contribution >= 4 is 11.8 Å². The first-order valence-corrected chi connectivity index (χ1v) is 11.0. The van der Waals surface area contributed by atoms with Crippen LogP contribution < -0.4 is 5.32 Å². The van der Waals surface area contributed by atoms with E-state index in [4.69, 9.17) is 0 Å². The highest BCUT2D eigenvalue weighted by molar-refractivity contribution is 5.97. The van der Waals surface area contributed by atoms with Crippen molar-refractivity contribution in [3.63, 3.8) is 0 Å². The number of rotatable bonds is 7. The average molecular weight is 408 g/mol. The fourth-order valence-corrected chi connectivity index (χ4v) is 3.88. The number of nitrogens with one attached hydrogen (secondary N) is 1. The summed E-state index contributed by atoms with van der Waals surface area (Å²) in [6.45, 7) is 8.25. The molecule has 1 N–H and O–H groups in total. The molecule has 5 nitrogen and oxygen atoms in total. The van der Waals surface area contributed by atoms with Crippen molar-refractivity contribution < 1.29 is 9.59 Å². The van der Waals surface area contributed by atoms with Crippen molar-refractivity contribution in [1.82, 2.24) is 15.1 Å². The summed E-state index contributed by atoms with van der Waals surface area (Å²) in [6, 6.07) is 19.1. The molecule has 1 aliphatic rings. The second kappa shape index (κ2) is 10.9. The van der Waals surface area contributed by atoms with Crippen LogP contribution in [0.25, 0.3) is 0 Å². The van der Waals surface area contributed by atoms with Crippen LogP contribution in [0.15, 0.2) is 60.7 Å². The van der Waals surface area contributed by atoms with Crippen molar-refractivity contribution in [3.8, 4) is 0 Å². The van der Waals surface area contributed by atoms with Crippen LogP contribution in [0.4, 0.5) is 0 Å². The van der Waals surface area contributed by atoms with Crippen LogP contribution in [-0.2, 0) is 11.3 Å². The minimum Gasteiger partial charge on any atom is -0.340 e. The van der Waals surface area contributed by atoms with Gasteiger partial charge in [-0.2, -0.15) is 0 Å². The Bertz CT molecular complexity index is 810. The monoisotopic (exact) mass is 407 g/mol. The van der Waals surface area contributed by atoms with Crippen molar-refractivity contribution in [3.05, 3.63) is 71.8 Å². The third-order valence-electron chi connectivity index (χ3n) is 5.95.